The molecule has 0 amide bonds. The Morgan fingerprint density at radius 3 is 2.27 bits per heavy atom. The molecule has 0 spiro atoms. The van der Waals surface area contributed by atoms with Crippen LogP contribution in [0.3, 0.4) is 0 Å². The molecule has 0 fully saturated rings. The molecule has 1 N–H and O–H groups in total. The first-order valence-corrected chi connectivity index (χ1v) is 9.76. The summed E-state index contributed by atoms with van der Waals surface area (Å²) in [6.07, 6.45) is 2.57. The Bertz CT molecular complexity index is 1270. The third kappa shape index (κ3) is 3.57. The fourth-order valence-electron chi connectivity index (χ4n) is 3.42. The summed E-state index contributed by atoms with van der Waals surface area (Å²) in [7, 11) is 1.58. The molecular weight excluding hydrogens is 376 g/mol. The standard InChI is InChI=1S/C25H22N2O3/c1-3-17-8-10-18(11-9-17)26-16-23-21-6-4-5-7-22(21)24(28)27(25(23)29)19-12-14-20(30-2)15-13-19/h4-16,29H,3H2,1-2H3. The molecule has 4 rings (SSSR count). The van der Waals surface area contributed by atoms with Crippen molar-refractivity contribution in [1.82, 2.24) is 4.57 Å². The van der Waals surface area contributed by atoms with Crippen LogP contribution in [0.5, 0.6) is 11.6 Å². The van der Waals surface area contributed by atoms with Crippen LogP contribution < -0.4 is 10.3 Å². The lowest BCUT2D eigenvalue weighted by Gasteiger charge is -2.14. The number of fused-ring (bicyclic) bond motifs is 1. The number of aromatic nitrogens is 1. The zero-order chi connectivity index (χ0) is 21.1. The number of nitrogens with zero attached hydrogens (tertiary/aromatic N) is 2. The quantitative estimate of drug-likeness (QED) is 0.480. The summed E-state index contributed by atoms with van der Waals surface area (Å²) in [6, 6.07) is 22.1. The number of methoxy groups -OCH3 is 1. The molecule has 1 aromatic heterocycles. The summed E-state index contributed by atoms with van der Waals surface area (Å²) in [6.45, 7) is 2.10. The van der Waals surface area contributed by atoms with Crippen molar-refractivity contribution in [2.75, 3.05) is 7.11 Å². The SMILES string of the molecule is CCc1ccc(N=Cc2c(O)n(-c3ccc(OC)cc3)c(=O)c3ccccc23)cc1. The van der Waals surface area contributed by atoms with E-state index < -0.39 is 0 Å². The highest BCUT2D eigenvalue weighted by Gasteiger charge is 2.16. The molecule has 4 aromatic rings. The lowest BCUT2D eigenvalue weighted by atomic mass is 10.1. The topological polar surface area (TPSA) is 63.8 Å². The molecule has 30 heavy (non-hydrogen) atoms. The number of aliphatic imine (C=N–C) groups is 1. The van der Waals surface area contributed by atoms with Crippen molar-refractivity contribution in [2.45, 2.75) is 13.3 Å². The van der Waals surface area contributed by atoms with Crippen molar-refractivity contribution in [2.24, 2.45) is 4.99 Å². The molecule has 150 valence electrons. The van der Waals surface area contributed by atoms with E-state index >= 15 is 0 Å². The van der Waals surface area contributed by atoms with Gasteiger partial charge in [-0.3, -0.25) is 9.79 Å². The highest BCUT2D eigenvalue weighted by Crippen LogP contribution is 2.27. The smallest absolute Gasteiger partial charge is 0.265 e. The third-order valence-corrected chi connectivity index (χ3v) is 5.12. The van der Waals surface area contributed by atoms with Gasteiger partial charge in [-0.2, -0.15) is 0 Å². The normalized spacial score (nSPS) is 11.3. The van der Waals surface area contributed by atoms with Crippen LogP contribution in [0, 0.1) is 0 Å². The first kappa shape index (κ1) is 19.5. The van der Waals surface area contributed by atoms with Crippen LogP contribution in [-0.4, -0.2) is 23.0 Å². The highest BCUT2D eigenvalue weighted by atomic mass is 16.5. The Labute approximate surface area is 174 Å². The van der Waals surface area contributed by atoms with E-state index in [1.807, 2.05) is 42.5 Å². The second kappa shape index (κ2) is 8.25. The van der Waals surface area contributed by atoms with Crippen LogP contribution in [0.4, 0.5) is 5.69 Å². The average molecular weight is 398 g/mol. The van der Waals surface area contributed by atoms with Crippen molar-refractivity contribution in [3.63, 3.8) is 0 Å². The number of ether oxygens (including phenoxy) is 1. The van der Waals surface area contributed by atoms with Gasteiger partial charge in [-0.05, 0) is 54.4 Å². The summed E-state index contributed by atoms with van der Waals surface area (Å²) in [5.74, 6) is 0.516. The van der Waals surface area contributed by atoms with E-state index in [1.165, 1.54) is 10.1 Å². The average Bonchev–Trinajstić information content (AvgIpc) is 2.80. The number of benzene rings is 3. The van der Waals surface area contributed by atoms with Crippen LogP contribution in [0.25, 0.3) is 16.5 Å². The maximum absolute atomic E-state index is 13.1. The Hall–Kier alpha value is -3.86. The fourth-order valence-corrected chi connectivity index (χ4v) is 3.42. The molecule has 0 bridgehead atoms. The number of hydrogen-bond donors (Lipinski definition) is 1. The largest absolute Gasteiger partial charge is 0.497 e. The van der Waals surface area contributed by atoms with E-state index in [0.717, 1.165) is 12.1 Å². The Morgan fingerprint density at radius 2 is 1.63 bits per heavy atom. The van der Waals surface area contributed by atoms with E-state index in [0.29, 0.717) is 27.8 Å². The fraction of sp³-hybridized carbons (Fsp3) is 0.120. The van der Waals surface area contributed by atoms with Gasteiger partial charge in [0.1, 0.15) is 5.75 Å². The first-order valence-electron chi connectivity index (χ1n) is 9.76. The molecule has 0 radical (unpaired) electrons. The van der Waals surface area contributed by atoms with Crippen molar-refractivity contribution in [1.29, 1.82) is 0 Å². The Morgan fingerprint density at radius 1 is 0.967 bits per heavy atom. The second-order valence-electron chi connectivity index (χ2n) is 6.90. The molecular formula is C25H22N2O3. The summed E-state index contributed by atoms with van der Waals surface area (Å²) >= 11 is 0. The van der Waals surface area contributed by atoms with Crippen molar-refractivity contribution in [3.05, 3.63) is 94.3 Å². The van der Waals surface area contributed by atoms with E-state index in [9.17, 15) is 9.90 Å². The van der Waals surface area contributed by atoms with E-state index in [-0.39, 0.29) is 11.4 Å². The summed E-state index contributed by atoms with van der Waals surface area (Å²) < 4.78 is 6.49. The molecule has 0 aliphatic rings. The molecule has 0 saturated heterocycles. The molecule has 1 heterocycles. The zero-order valence-electron chi connectivity index (χ0n) is 16.9. The zero-order valence-corrected chi connectivity index (χ0v) is 16.9. The summed E-state index contributed by atoms with van der Waals surface area (Å²) in [4.78, 5) is 17.7. The minimum Gasteiger partial charge on any atom is -0.497 e. The summed E-state index contributed by atoms with van der Waals surface area (Å²) in [5.41, 5.74) is 2.75. The van der Waals surface area contributed by atoms with Crippen molar-refractivity contribution >= 4 is 22.7 Å². The van der Waals surface area contributed by atoms with Gasteiger partial charge in [-0.25, -0.2) is 4.57 Å². The first-order chi connectivity index (χ1) is 14.6. The van der Waals surface area contributed by atoms with E-state index in [4.69, 9.17) is 4.74 Å². The van der Waals surface area contributed by atoms with Crippen LogP contribution in [0.2, 0.25) is 0 Å². The molecule has 3 aromatic carbocycles. The predicted molar refractivity (Wildman–Crippen MR) is 121 cm³/mol. The number of rotatable bonds is 5. The van der Waals surface area contributed by atoms with Gasteiger partial charge in [0.05, 0.1) is 24.0 Å². The van der Waals surface area contributed by atoms with Crippen LogP contribution in [0.1, 0.15) is 18.1 Å². The molecule has 5 heteroatoms. The lowest BCUT2D eigenvalue weighted by Crippen LogP contribution is -2.20. The van der Waals surface area contributed by atoms with Gasteiger partial charge in [0.15, 0.2) is 0 Å². The molecule has 0 unspecified atom stereocenters. The number of hydrogen-bond acceptors (Lipinski definition) is 4. The van der Waals surface area contributed by atoms with Gasteiger partial charge in [-0.15, -0.1) is 0 Å². The summed E-state index contributed by atoms with van der Waals surface area (Å²) in [5, 5.41) is 12.2. The minimum absolute atomic E-state index is 0.155. The van der Waals surface area contributed by atoms with Gasteiger partial charge in [0.25, 0.3) is 5.56 Å². The highest BCUT2D eigenvalue weighted by molar-refractivity contribution is 6.02. The predicted octanol–water partition coefficient (Wildman–Crippen LogP) is 5.02. The maximum Gasteiger partial charge on any atom is 0.265 e. The Balaban J connectivity index is 1.89. The minimum atomic E-state index is -0.294. The molecule has 0 saturated carbocycles. The number of aryl methyl sites for hydroxylation is 1. The van der Waals surface area contributed by atoms with Crippen molar-refractivity contribution in [3.8, 4) is 17.3 Å². The number of pyridine rings is 1. The van der Waals surface area contributed by atoms with Crippen LogP contribution >= 0.6 is 0 Å². The van der Waals surface area contributed by atoms with Gasteiger partial charge >= 0.3 is 0 Å². The molecule has 5 nitrogen and oxygen atoms in total. The Kier molecular flexibility index (Phi) is 5.35. The molecule has 0 aliphatic carbocycles. The van der Waals surface area contributed by atoms with Gasteiger partial charge < -0.3 is 9.84 Å². The second-order valence-corrected chi connectivity index (χ2v) is 6.90. The third-order valence-electron chi connectivity index (χ3n) is 5.12. The number of aromatic hydroxyl groups is 1. The van der Waals surface area contributed by atoms with Gasteiger partial charge in [0.2, 0.25) is 5.88 Å². The monoisotopic (exact) mass is 398 g/mol. The van der Waals surface area contributed by atoms with Gasteiger partial charge in [-0.1, -0.05) is 37.3 Å². The van der Waals surface area contributed by atoms with Crippen LogP contribution in [0.15, 0.2) is 82.6 Å². The van der Waals surface area contributed by atoms with Crippen molar-refractivity contribution < 1.29 is 9.84 Å². The van der Waals surface area contributed by atoms with Gasteiger partial charge in [0, 0.05) is 17.0 Å². The molecule has 0 atom stereocenters. The van der Waals surface area contributed by atoms with E-state index in [2.05, 4.69) is 11.9 Å². The van der Waals surface area contributed by atoms with E-state index in [1.54, 1.807) is 43.7 Å². The van der Waals surface area contributed by atoms with Crippen LogP contribution in [-0.2, 0) is 6.42 Å². The maximum atomic E-state index is 13.1. The molecule has 0 aliphatic heterocycles. The lowest BCUT2D eigenvalue weighted by molar-refractivity contribution is 0.414.